The molecule has 0 aliphatic heterocycles. The fourth-order valence-corrected chi connectivity index (χ4v) is 1.68. The lowest BCUT2D eigenvalue weighted by atomic mass is 10.1. The molecule has 0 atom stereocenters. The molecule has 100 valence electrons. The summed E-state index contributed by atoms with van der Waals surface area (Å²) in [6.45, 7) is 0.490. The normalized spacial score (nSPS) is 9.75. The molecule has 0 spiro atoms. The van der Waals surface area contributed by atoms with Crippen molar-refractivity contribution < 1.29 is 9.90 Å². The van der Waals surface area contributed by atoms with E-state index >= 15 is 0 Å². The van der Waals surface area contributed by atoms with Crippen molar-refractivity contribution in [3.63, 3.8) is 0 Å². The lowest BCUT2D eigenvalue weighted by molar-refractivity contribution is 0.0954. The number of benzene rings is 1. The molecule has 1 aromatic carbocycles. The van der Waals surface area contributed by atoms with E-state index in [1.54, 1.807) is 18.2 Å². The molecule has 0 fully saturated rings. The predicted molar refractivity (Wildman–Crippen MR) is 73.1 cm³/mol. The molecule has 2 rings (SSSR count). The van der Waals surface area contributed by atoms with Crippen molar-refractivity contribution in [2.75, 3.05) is 6.54 Å². The van der Waals surface area contributed by atoms with Gasteiger partial charge in [-0.15, -0.1) is 0 Å². The summed E-state index contributed by atoms with van der Waals surface area (Å²) in [5.74, 6) is 0.00205. The number of pyridine rings is 1. The molecule has 1 heterocycles. The molecule has 0 bridgehead atoms. The van der Waals surface area contributed by atoms with Gasteiger partial charge < -0.3 is 10.4 Å². The number of carbonyl (C=O) groups is 1. The van der Waals surface area contributed by atoms with Crippen molar-refractivity contribution in [1.29, 1.82) is 5.26 Å². The summed E-state index contributed by atoms with van der Waals surface area (Å²) in [6, 6.07) is 11.8. The molecule has 20 heavy (non-hydrogen) atoms. The first-order chi connectivity index (χ1) is 9.69. The maximum atomic E-state index is 11.8. The lowest BCUT2D eigenvalue weighted by Crippen LogP contribution is -2.25. The van der Waals surface area contributed by atoms with Crippen molar-refractivity contribution in [1.82, 2.24) is 10.3 Å². The molecule has 0 radical (unpaired) electrons. The van der Waals surface area contributed by atoms with Crippen LogP contribution in [0, 0.1) is 11.3 Å². The number of aromatic hydroxyl groups is 1. The Kier molecular flexibility index (Phi) is 4.30. The fourth-order valence-electron chi connectivity index (χ4n) is 1.68. The number of phenolic OH excluding ortho intramolecular Hbond substituents is 1. The Hall–Kier alpha value is -2.87. The third-order valence-corrected chi connectivity index (χ3v) is 2.78. The third kappa shape index (κ3) is 3.56. The molecular weight excluding hydrogens is 254 g/mol. The number of carbonyl (C=O) groups excluding carboxylic acids is 1. The van der Waals surface area contributed by atoms with Crippen LogP contribution >= 0.6 is 0 Å². The van der Waals surface area contributed by atoms with Gasteiger partial charge in [0, 0.05) is 12.7 Å². The summed E-state index contributed by atoms with van der Waals surface area (Å²) in [5.41, 5.74) is 1.74. The first-order valence-electron chi connectivity index (χ1n) is 6.11. The van der Waals surface area contributed by atoms with Gasteiger partial charge in [0.1, 0.15) is 17.5 Å². The molecule has 0 saturated heterocycles. The van der Waals surface area contributed by atoms with Crippen LogP contribution in [0.25, 0.3) is 0 Å². The fraction of sp³-hybridized carbons (Fsp3) is 0.133. The van der Waals surface area contributed by atoms with E-state index in [2.05, 4.69) is 10.3 Å². The Bertz CT molecular complexity index is 628. The Labute approximate surface area is 116 Å². The van der Waals surface area contributed by atoms with Crippen LogP contribution in [0.15, 0.2) is 42.6 Å². The van der Waals surface area contributed by atoms with Gasteiger partial charge in [0.2, 0.25) is 0 Å². The van der Waals surface area contributed by atoms with Crippen molar-refractivity contribution in [2.24, 2.45) is 0 Å². The van der Waals surface area contributed by atoms with Crippen molar-refractivity contribution in [3.05, 3.63) is 59.4 Å². The predicted octanol–water partition coefficient (Wildman–Crippen LogP) is 1.63. The van der Waals surface area contributed by atoms with E-state index in [1.807, 2.05) is 18.2 Å². The first-order valence-corrected chi connectivity index (χ1v) is 6.11. The van der Waals surface area contributed by atoms with Crippen LogP contribution in [0.5, 0.6) is 5.75 Å². The van der Waals surface area contributed by atoms with Gasteiger partial charge in [-0.05, 0) is 36.2 Å². The minimum absolute atomic E-state index is 0.222. The number of amides is 1. The zero-order valence-corrected chi connectivity index (χ0v) is 10.7. The summed E-state index contributed by atoms with van der Waals surface area (Å²) < 4.78 is 0. The van der Waals surface area contributed by atoms with Crippen LogP contribution in [0.3, 0.4) is 0 Å². The van der Waals surface area contributed by atoms with E-state index < -0.39 is 0 Å². The summed E-state index contributed by atoms with van der Waals surface area (Å²) in [6.07, 6.45) is 2.06. The first kappa shape index (κ1) is 13.6. The van der Waals surface area contributed by atoms with Crippen LogP contribution in [0.1, 0.15) is 21.6 Å². The maximum absolute atomic E-state index is 11.8. The van der Waals surface area contributed by atoms with Crippen molar-refractivity contribution in [3.8, 4) is 11.8 Å². The molecule has 2 N–H and O–H groups in total. The second kappa shape index (κ2) is 6.34. The van der Waals surface area contributed by atoms with E-state index in [0.717, 1.165) is 5.56 Å². The summed E-state index contributed by atoms with van der Waals surface area (Å²) in [4.78, 5) is 15.7. The lowest BCUT2D eigenvalue weighted by Gasteiger charge is -2.05. The van der Waals surface area contributed by atoms with Gasteiger partial charge in [0.15, 0.2) is 0 Å². The average Bonchev–Trinajstić information content (AvgIpc) is 2.49. The van der Waals surface area contributed by atoms with E-state index in [-0.39, 0.29) is 17.4 Å². The number of hydrogen-bond acceptors (Lipinski definition) is 4. The van der Waals surface area contributed by atoms with Gasteiger partial charge in [0.25, 0.3) is 5.91 Å². The molecule has 5 nitrogen and oxygen atoms in total. The number of aromatic nitrogens is 1. The molecule has 2 aromatic rings. The second-order valence-corrected chi connectivity index (χ2v) is 4.22. The average molecular weight is 267 g/mol. The van der Waals surface area contributed by atoms with Gasteiger partial charge >= 0.3 is 0 Å². The van der Waals surface area contributed by atoms with Crippen LogP contribution in [-0.2, 0) is 6.42 Å². The Morgan fingerprint density at radius 1 is 1.25 bits per heavy atom. The van der Waals surface area contributed by atoms with Crippen LogP contribution in [-0.4, -0.2) is 22.5 Å². The number of nitriles is 1. The molecule has 0 unspecified atom stereocenters. The summed E-state index contributed by atoms with van der Waals surface area (Å²) >= 11 is 0. The number of nitrogens with zero attached hydrogens (tertiary/aromatic N) is 2. The second-order valence-electron chi connectivity index (χ2n) is 4.22. The highest BCUT2D eigenvalue weighted by Gasteiger charge is 2.05. The molecule has 0 aliphatic carbocycles. The molecule has 1 amide bonds. The summed E-state index contributed by atoms with van der Waals surface area (Å²) in [7, 11) is 0. The van der Waals surface area contributed by atoms with E-state index in [1.165, 1.54) is 12.3 Å². The van der Waals surface area contributed by atoms with E-state index in [4.69, 9.17) is 10.4 Å². The van der Waals surface area contributed by atoms with Gasteiger partial charge in [-0.3, -0.25) is 4.79 Å². The molecule has 5 heteroatoms. The van der Waals surface area contributed by atoms with Gasteiger partial charge in [-0.2, -0.15) is 5.26 Å². The third-order valence-electron chi connectivity index (χ3n) is 2.78. The van der Waals surface area contributed by atoms with Gasteiger partial charge in [0.05, 0.1) is 5.56 Å². The van der Waals surface area contributed by atoms with Crippen molar-refractivity contribution in [2.45, 2.75) is 6.42 Å². The standard InChI is InChI=1S/C15H13N3O2/c16-9-13-4-3-12(10-18-13)15(20)17-8-7-11-1-5-14(19)6-2-11/h1-6,10,19H,7-8H2,(H,17,20). The minimum atomic E-state index is -0.222. The van der Waals surface area contributed by atoms with E-state index in [0.29, 0.717) is 18.5 Å². The van der Waals surface area contributed by atoms with E-state index in [9.17, 15) is 4.79 Å². The largest absolute Gasteiger partial charge is 0.508 e. The number of phenols is 1. The van der Waals surface area contributed by atoms with Crippen LogP contribution in [0.2, 0.25) is 0 Å². The Morgan fingerprint density at radius 2 is 2.00 bits per heavy atom. The highest BCUT2D eigenvalue weighted by atomic mass is 16.3. The number of rotatable bonds is 4. The summed E-state index contributed by atoms with van der Waals surface area (Å²) in [5, 5.41) is 20.6. The van der Waals surface area contributed by atoms with Gasteiger partial charge in [-0.1, -0.05) is 12.1 Å². The molecule has 1 aromatic heterocycles. The Balaban J connectivity index is 1.85. The Morgan fingerprint density at radius 3 is 2.60 bits per heavy atom. The van der Waals surface area contributed by atoms with Crippen LogP contribution < -0.4 is 5.32 Å². The van der Waals surface area contributed by atoms with Crippen molar-refractivity contribution >= 4 is 5.91 Å². The molecule has 0 aliphatic rings. The number of hydrogen-bond donors (Lipinski definition) is 2. The minimum Gasteiger partial charge on any atom is -0.508 e. The quantitative estimate of drug-likeness (QED) is 0.881. The monoisotopic (exact) mass is 267 g/mol. The maximum Gasteiger partial charge on any atom is 0.252 e. The SMILES string of the molecule is N#Cc1ccc(C(=O)NCCc2ccc(O)cc2)cn1. The highest BCUT2D eigenvalue weighted by molar-refractivity contribution is 5.93. The number of nitrogens with one attached hydrogen (secondary N) is 1. The molecule has 0 saturated carbocycles. The topological polar surface area (TPSA) is 86.0 Å². The van der Waals surface area contributed by atoms with Crippen LogP contribution in [0.4, 0.5) is 0 Å². The van der Waals surface area contributed by atoms with Gasteiger partial charge in [-0.25, -0.2) is 4.98 Å². The highest BCUT2D eigenvalue weighted by Crippen LogP contribution is 2.09. The zero-order chi connectivity index (χ0) is 14.4. The zero-order valence-electron chi connectivity index (χ0n) is 10.7. The molecular formula is C15H13N3O2. The smallest absolute Gasteiger partial charge is 0.252 e.